The summed E-state index contributed by atoms with van der Waals surface area (Å²) in [5, 5.41) is 9.14. The minimum Gasteiger partial charge on any atom is -0.488 e. The largest absolute Gasteiger partial charge is 0.488 e. The molecule has 2 aromatic rings. The Labute approximate surface area is 215 Å². The lowest BCUT2D eigenvalue weighted by atomic mass is 9.98. The third kappa shape index (κ3) is 4.98. The molecule has 0 radical (unpaired) electrons. The average molecular weight is 575 g/mol. The summed E-state index contributed by atoms with van der Waals surface area (Å²) in [5.74, 6) is -0.741. The van der Waals surface area contributed by atoms with Gasteiger partial charge in [0, 0.05) is 19.5 Å². The molecule has 15 heteroatoms. The number of carbonyl (C=O) groups excluding carboxylic acids is 1. The van der Waals surface area contributed by atoms with E-state index in [-0.39, 0.29) is 59.6 Å². The number of sulfonamides is 1. The van der Waals surface area contributed by atoms with Crippen molar-refractivity contribution >= 4 is 35.6 Å². The fraction of sp³-hybridized carbons (Fsp3) is 0.409. The number of amides is 1. The van der Waals surface area contributed by atoms with Crippen LogP contribution in [0.25, 0.3) is 0 Å². The van der Waals surface area contributed by atoms with Crippen molar-refractivity contribution in [3.63, 3.8) is 0 Å². The summed E-state index contributed by atoms with van der Waals surface area (Å²) in [4.78, 5) is 11.6. The Balaban J connectivity index is 1.46. The third-order valence-electron chi connectivity index (χ3n) is 6.45. The van der Waals surface area contributed by atoms with Crippen molar-refractivity contribution in [2.45, 2.75) is 38.4 Å². The van der Waals surface area contributed by atoms with Crippen LogP contribution in [0.15, 0.2) is 63.2 Å². The molecule has 12 nitrogen and oxygen atoms in total. The molecule has 2 N–H and O–H groups in total. The fourth-order valence-electron chi connectivity index (χ4n) is 4.32. The summed E-state index contributed by atoms with van der Waals surface area (Å²) < 4.78 is 86.8. The van der Waals surface area contributed by atoms with E-state index in [9.17, 15) is 30.0 Å². The van der Waals surface area contributed by atoms with E-state index >= 15 is 0 Å². The molecule has 2 aromatic carbocycles. The molecule has 4 rings (SSSR count). The second-order valence-electron chi connectivity index (χ2n) is 8.80. The first kappa shape index (κ1) is 27.5. The first-order valence-electron chi connectivity index (χ1n) is 11.2. The Morgan fingerprint density at radius 2 is 1.54 bits per heavy atom. The molecule has 0 bridgehead atoms. The molecule has 2 fully saturated rings. The van der Waals surface area contributed by atoms with Crippen LogP contribution < -0.4 is 10.2 Å². The van der Waals surface area contributed by atoms with Crippen molar-refractivity contribution in [1.29, 1.82) is 0 Å². The van der Waals surface area contributed by atoms with Gasteiger partial charge in [-0.3, -0.25) is 10.0 Å². The summed E-state index contributed by atoms with van der Waals surface area (Å²) in [5.41, 5.74) is 1.46. The van der Waals surface area contributed by atoms with Gasteiger partial charge < -0.3 is 9.47 Å². The molecule has 0 unspecified atom stereocenters. The molecule has 0 atom stereocenters. The second-order valence-corrected chi connectivity index (χ2v) is 15.0. The smallest absolute Gasteiger partial charge is 0.265 e. The lowest BCUT2D eigenvalue weighted by molar-refractivity contribution is -0.134. The van der Waals surface area contributed by atoms with Crippen LogP contribution in [0.1, 0.15) is 12.8 Å². The van der Waals surface area contributed by atoms with Crippen LogP contribution >= 0.6 is 0 Å². The van der Waals surface area contributed by atoms with Crippen LogP contribution in [-0.2, 0) is 39.2 Å². The maximum Gasteiger partial charge on any atom is 0.265 e. The highest BCUT2D eigenvalue weighted by atomic mass is 32.2. The molecular formula is C22H26N2O10S3. The summed E-state index contributed by atoms with van der Waals surface area (Å²) in [7, 11) is -12.0. The van der Waals surface area contributed by atoms with Crippen molar-refractivity contribution in [3.8, 4) is 5.75 Å². The van der Waals surface area contributed by atoms with Crippen LogP contribution in [0, 0.1) is 0 Å². The number of hydrogen-bond acceptors (Lipinski definition) is 10. The second kappa shape index (κ2) is 9.96. The monoisotopic (exact) mass is 574 g/mol. The first-order chi connectivity index (χ1) is 17.3. The van der Waals surface area contributed by atoms with Gasteiger partial charge >= 0.3 is 0 Å². The lowest BCUT2D eigenvalue weighted by Gasteiger charge is -2.38. The number of benzene rings is 2. The van der Waals surface area contributed by atoms with E-state index in [0.717, 1.165) is 10.6 Å². The van der Waals surface area contributed by atoms with Gasteiger partial charge in [0.05, 0.1) is 22.9 Å². The van der Waals surface area contributed by atoms with Crippen LogP contribution in [0.2, 0.25) is 0 Å². The van der Waals surface area contributed by atoms with Crippen LogP contribution in [-0.4, -0.2) is 84.1 Å². The molecule has 2 aliphatic rings. The summed E-state index contributed by atoms with van der Waals surface area (Å²) >= 11 is 0. The van der Waals surface area contributed by atoms with Gasteiger partial charge in [0.15, 0.2) is 24.4 Å². The van der Waals surface area contributed by atoms with Crippen LogP contribution in [0.4, 0.5) is 0 Å². The third-order valence-corrected chi connectivity index (χ3v) is 12.1. The lowest BCUT2D eigenvalue weighted by Crippen LogP contribution is -2.56. The number of nitrogens with zero attached hydrogens (tertiary/aromatic N) is 1. The maximum absolute atomic E-state index is 13.3. The molecule has 202 valence electrons. The fourth-order valence-corrected chi connectivity index (χ4v) is 9.36. The Bertz CT molecular complexity index is 1490. The van der Waals surface area contributed by atoms with Crippen molar-refractivity contribution in [3.05, 3.63) is 48.5 Å². The van der Waals surface area contributed by atoms with Crippen molar-refractivity contribution in [2.75, 3.05) is 32.6 Å². The van der Waals surface area contributed by atoms with Crippen molar-refractivity contribution in [1.82, 2.24) is 9.79 Å². The van der Waals surface area contributed by atoms with Gasteiger partial charge in [-0.15, -0.1) is 0 Å². The highest BCUT2D eigenvalue weighted by Crippen LogP contribution is 2.36. The molecule has 0 aliphatic carbocycles. The SMILES string of the molecule is CS(=O)(=O)c1ccccc1S(=O)(=O)N1CC(Oc2ccc(S(=O)(=O)C3(C(=O)NO)CCOCC3)cc2)C1. The molecule has 2 heterocycles. The number of rotatable bonds is 8. The van der Waals surface area contributed by atoms with E-state index in [1.807, 2.05) is 0 Å². The van der Waals surface area contributed by atoms with Crippen LogP contribution in [0.5, 0.6) is 5.75 Å². The first-order valence-corrected chi connectivity index (χ1v) is 16.0. The van der Waals surface area contributed by atoms with Crippen molar-refractivity contribution < 1.29 is 44.7 Å². The van der Waals surface area contributed by atoms with Gasteiger partial charge in [-0.25, -0.2) is 30.7 Å². The number of hydrogen-bond donors (Lipinski definition) is 2. The Morgan fingerprint density at radius 3 is 2.08 bits per heavy atom. The number of carbonyl (C=O) groups is 1. The molecule has 0 spiro atoms. The average Bonchev–Trinajstić information content (AvgIpc) is 2.85. The van der Waals surface area contributed by atoms with E-state index in [1.165, 1.54) is 54.0 Å². The molecule has 2 saturated heterocycles. The Kier molecular flexibility index (Phi) is 7.40. The molecule has 1 amide bonds. The Morgan fingerprint density at radius 1 is 0.973 bits per heavy atom. The molecule has 0 saturated carbocycles. The highest BCUT2D eigenvalue weighted by molar-refractivity contribution is 7.93. The van der Waals surface area contributed by atoms with Crippen molar-refractivity contribution in [2.24, 2.45) is 0 Å². The van der Waals surface area contributed by atoms with E-state index in [0.29, 0.717) is 0 Å². The molecule has 0 aromatic heterocycles. The summed E-state index contributed by atoms with van der Waals surface area (Å²) in [6.45, 7) is 0.0354. The maximum atomic E-state index is 13.3. The quantitative estimate of drug-likeness (QED) is 0.331. The topological polar surface area (TPSA) is 173 Å². The standard InChI is InChI=1S/C22H26N2O10S3/c1-35(27,28)19-4-2-3-5-20(19)37(31,32)24-14-17(15-24)34-16-6-8-18(9-7-16)36(29,30)22(21(25)23-26)10-12-33-13-11-22/h2-9,17,26H,10-15H2,1H3,(H,23,25). The zero-order chi connectivity index (χ0) is 27.1. The summed E-state index contributed by atoms with van der Waals surface area (Å²) in [6, 6.07) is 10.7. The zero-order valence-corrected chi connectivity index (χ0v) is 22.2. The van der Waals surface area contributed by atoms with E-state index in [1.54, 1.807) is 0 Å². The van der Waals surface area contributed by atoms with Gasteiger partial charge in [-0.2, -0.15) is 4.31 Å². The van der Waals surface area contributed by atoms with Gasteiger partial charge in [-0.1, -0.05) is 12.1 Å². The van der Waals surface area contributed by atoms with Crippen LogP contribution in [0.3, 0.4) is 0 Å². The Hall–Kier alpha value is -2.56. The van der Waals surface area contributed by atoms with Gasteiger partial charge in [0.1, 0.15) is 16.7 Å². The molecular weight excluding hydrogens is 548 g/mol. The van der Waals surface area contributed by atoms with E-state index in [4.69, 9.17) is 14.7 Å². The number of ether oxygens (including phenoxy) is 2. The van der Waals surface area contributed by atoms with Gasteiger partial charge in [-0.05, 0) is 49.2 Å². The predicted molar refractivity (Wildman–Crippen MR) is 129 cm³/mol. The number of nitrogens with one attached hydrogen (secondary N) is 1. The van der Waals surface area contributed by atoms with E-state index < -0.39 is 46.5 Å². The number of sulfone groups is 2. The normalized spacial score (nSPS) is 19.1. The molecule has 37 heavy (non-hydrogen) atoms. The minimum atomic E-state index is -4.19. The predicted octanol–water partition coefficient (Wildman–Crippen LogP) is 0.370. The van der Waals surface area contributed by atoms with Gasteiger partial charge in [0.2, 0.25) is 10.0 Å². The number of hydroxylamine groups is 1. The minimum absolute atomic E-state index is 0.0275. The summed E-state index contributed by atoms with van der Waals surface area (Å²) in [6.07, 6.45) is 0.168. The van der Waals surface area contributed by atoms with Gasteiger partial charge in [0.25, 0.3) is 5.91 Å². The molecule has 2 aliphatic heterocycles. The zero-order valence-electron chi connectivity index (χ0n) is 19.7. The highest BCUT2D eigenvalue weighted by Gasteiger charge is 2.52. The van der Waals surface area contributed by atoms with E-state index in [2.05, 4.69) is 0 Å².